The van der Waals surface area contributed by atoms with Crippen molar-refractivity contribution in [2.75, 3.05) is 12.4 Å². The van der Waals surface area contributed by atoms with Crippen molar-refractivity contribution in [3.8, 4) is 11.5 Å². The normalized spacial score (nSPS) is 16.4. The van der Waals surface area contributed by atoms with Crippen LogP contribution < -0.4 is 14.8 Å². The van der Waals surface area contributed by atoms with Gasteiger partial charge < -0.3 is 14.8 Å². The fraction of sp³-hybridized carbons (Fsp3) is 0.400. The summed E-state index contributed by atoms with van der Waals surface area (Å²) in [5.41, 5.74) is 1.98. The highest BCUT2D eigenvalue weighted by molar-refractivity contribution is 8.14. The molecule has 1 unspecified atom stereocenters. The monoisotopic (exact) mass is 523 g/mol. The molecule has 7 nitrogen and oxygen atoms in total. The lowest BCUT2D eigenvalue weighted by atomic mass is 9.95. The van der Waals surface area contributed by atoms with Crippen molar-refractivity contribution >= 4 is 34.3 Å². The van der Waals surface area contributed by atoms with Crippen LogP contribution >= 0.6 is 11.8 Å². The lowest BCUT2D eigenvalue weighted by Crippen LogP contribution is -2.34. The molecule has 2 amide bonds. The molecule has 3 rings (SSSR count). The third-order valence-corrected chi connectivity index (χ3v) is 6.52. The second-order valence-corrected chi connectivity index (χ2v) is 10.3. The van der Waals surface area contributed by atoms with Gasteiger partial charge >= 0.3 is 11.6 Å². The van der Waals surface area contributed by atoms with Crippen LogP contribution in [0.3, 0.4) is 0 Å². The standard InChI is InChI=1S/C25H28F3N3O4S/c1-6-20-21(16-9-12-18(19(13-16)34-5)35-25(26,27)28)30-31(23(33)36-20)14-15-7-10-17(11-8-15)29-22(32)24(2,3)4/h7-13,20H,6,14H2,1-5H3,(H,29,32). The van der Waals surface area contributed by atoms with E-state index < -0.39 is 17.5 Å². The Bertz CT molecular complexity index is 1140. The van der Waals surface area contributed by atoms with E-state index in [1.165, 1.54) is 30.3 Å². The average Bonchev–Trinajstić information content (AvgIpc) is 2.80. The predicted molar refractivity (Wildman–Crippen MR) is 133 cm³/mol. The number of carbonyl (C=O) groups excluding carboxylic acids is 2. The zero-order chi connectivity index (χ0) is 26.7. The van der Waals surface area contributed by atoms with Crippen LogP contribution in [0.5, 0.6) is 11.5 Å². The molecule has 0 saturated carbocycles. The Hall–Kier alpha value is -3.21. The van der Waals surface area contributed by atoms with Crippen LogP contribution in [0.1, 0.15) is 45.2 Å². The summed E-state index contributed by atoms with van der Waals surface area (Å²) in [4.78, 5) is 24.9. The fourth-order valence-electron chi connectivity index (χ4n) is 3.31. The van der Waals surface area contributed by atoms with E-state index in [2.05, 4.69) is 15.2 Å². The number of rotatable bonds is 7. The summed E-state index contributed by atoms with van der Waals surface area (Å²) in [7, 11) is 1.25. The minimum absolute atomic E-state index is 0.0938. The van der Waals surface area contributed by atoms with Crippen molar-refractivity contribution in [2.45, 2.75) is 52.3 Å². The van der Waals surface area contributed by atoms with Gasteiger partial charge in [-0.05, 0) is 42.3 Å². The first-order valence-corrected chi connectivity index (χ1v) is 12.1. The molecule has 0 radical (unpaired) electrons. The Morgan fingerprint density at radius 2 is 1.78 bits per heavy atom. The molecule has 0 saturated heterocycles. The van der Waals surface area contributed by atoms with E-state index >= 15 is 0 Å². The summed E-state index contributed by atoms with van der Waals surface area (Å²) < 4.78 is 47.2. The van der Waals surface area contributed by atoms with Gasteiger partial charge in [-0.1, -0.05) is 51.6 Å². The van der Waals surface area contributed by atoms with E-state index in [4.69, 9.17) is 4.74 Å². The summed E-state index contributed by atoms with van der Waals surface area (Å²) in [5.74, 6) is -0.666. The SMILES string of the molecule is CCC1SC(=O)N(Cc2ccc(NC(=O)C(C)(C)C)cc2)N=C1c1ccc(OC(F)(F)F)c(OC)c1. The molecule has 2 aromatic rings. The van der Waals surface area contributed by atoms with Gasteiger partial charge in [0.1, 0.15) is 0 Å². The molecule has 1 atom stereocenters. The predicted octanol–water partition coefficient (Wildman–Crippen LogP) is 6.43. The van der Waals surface area contributed by atoms with Crippen molar-refractivity contribution in [3.05, 3.63) is 53.6 Å². The molecule has 1 heterocycles. The highest BCUT2D eigenvalue weighted by Gasteiger charge is 2.34. The number of carbonyl (C=O) groups is 2. The fourth-order valence-corrected chi connectivity index (χ4v) is 4.25. The highest BCUT2D eigenvalue weighted by Crippen LogP contribution is 2.36. The van der Waals surface area contributed by atoms with E-state index in [-0.39, 0.29) is 28.7 Å². The Morgan fingerprint density at radius 1 is 1.11 bits per heavy atom. The van der Waals surface area contributed by atoms with Crippen LogP contribution in [0.4, 0.5) is 23.7 Å². The molecule has 2 aromatic carbocycles. The van der Waals surface area contributed by atoms with Crippen molar-refractivity contribution in [2.24, 2.45) is 10.5 Å². The van der Waals surface area contributed by atoms with E-state index in [0.29, 0.717) is 23.4 Å². The Balaban J connectivity index is 1.84. The number of thioether (sulfide) groups is 1. The number of amides is 2. The van der Waals surface area contributed by atoms with Crippen molar-refractivity contribution in [1.82, 2.24) is 5.01 Å². The maximum Gasteiger partial charge on any atom is 0.573 e. The molecule has 0 fully saturated rings. The molecule has 1 N–H and O–H groups in total. The first-order valence-electron chi connectivity index (χ1n) is 11.2. The molecule has 36 heavy (non-hydrogen) atoms. The van der Waals surface area contributed by atoms with Crippen LogP contribution in [-0.2, 0) is 11.3 Å². The molecule has 0 bridgehead atoms. The van der Waals surface area contributed by atoms with Gasteiger partial charge in [-0.2, -0.15) is 5.10 Å². The second-order valence-electron chi connectivity index (χ2n) is 9.14. The number of nitrogens with zero attached hydrogens (tertiary/aromatic N) is 2. The van der Waals surface area contributed by atoms with E-state index in [9.17, 15) is 22.8 Å². The minimum Gasteiger partial charge on any atom is -0.493 e. The van der Waals surface area contributed by atoms with Gasteiger partial charge in [0.25, 0.3) is 0 Å². The quantitative estimate of drug-likeness (QED) is 0.452. The summed E-state index contributed by atoms with van der Waals surface area (Å²) >= 11 is 1.11. The van der Waals surface area contributed by atoms with Crippen LogP contribution in [0, 0.1) is 5.41 Å². The largest absolute Gasteiger partial charge is 0.573 e. The topological polar surface area (TPSA) is 80.2 Å². The molecule has 11 heteroatoms. The Kier molecular flexibility index (Phi) is 8.22. The number of alkyl halides is 3. The lowest BCUT2D eigenvalue weighted by Gasteiger charge is -2.28. The minimum atomic E-state index is -4.85. The van der Waals surface area contributed by atoms with Crippen LogP contribution in [0.15, 0.2) is 47.6 Å². The number of methoxy groups -OCH3 is 1. The zero-order valence-electron chi connectivity index (χ0n) is 20.6. The first kappa shape index (κ1) is 27.4. The van der Waals surface area contributed by atoms with Crippen LogP contribution in [0.25, 0.3) is 0 Å². The third kappa shape index (κ3) is 6.93. The average molecular weight is 524 g/mol. The van der Waals surface area contributed by atoms with Gasteiger partial charge in [-0.3, -0.25) is 9.59 Å². The third-order valence-electron chi connectivity index (χ3n) is 5.27. The van der Waals surface area contributed by atoms with Crippen molar-refractivity contribution in [1.29, 1.82) is 0 Å². The van der Waals surface area contributed by atoms with Gasteiger partial charge in [0.2, 0.25) is 5.91 Å². The Morgan fingerprint density at radius 3 is 2.33 bits per heavy atom. The number of hydrazone groups is 1. The van der Waals surface area contributed by atoms with Crippen molar-refractivity contribution in [3.63, 3.8) is 0 Å². The zero-order valence-corrected chi connectivity index (χ0v) is 21.4. The molecule has 0 aliphatic carbocycles. The highest BCUT2D eigenvalue weighted by atomic mass is 32.2. The number of hydrogen-bond acceptors (Lipinski definition) is 6. The van der Waals surface area contributed by atoms with Crippen LogP contribution in [0.2, 0.25) is 0 Å². The summed E-state index contributed by atoms with van der Waals surface area (Å²) in [6, 6.07) is 11.2. The molecule has 0 aromatic heterocycles. The lowest BCUT2D eigenvalue weighted by molar-refractivity contribution is -0.275. The smallest absolute Gasteiger partial charge is 0.493 e. The van der Waals surface area contributed by atoms with E-state index in [1.54, 1.807) is 24.3 Å². The maximum atomic E-state index is 12.8. The molecule has 194 valence electrons. The molecule has 1 aliphatic rings. The second kappa shape index (κ2) is 10.8. The van der Waals surface area contributed by atoms with Crippen LogP contribution in [-0.4, -0.2) is 40.6 Å². The van der Waals surface area contributed by atoms with E-state index in [0.717, 1.165) is 17.3 Å². The van der Waals surface area contributed by atoms with Gasteiger partial charge in [0.15, 0.2) is 11.5 Å². The van der Waals surface area contributed by atoms with Gasteiger partial charge in [-0.25, -0.2) is 5.01 Å². The number of hydrogen-bond donors (Lipinski definition) is 1. The molecular formula is C25H28F3N3O4S. The summed E-state index contributed by atoms with van der Waals surface area (Å²) in [5, 5.41) is 8.21. The maximum absolute atomic E-state index is 12.8. The number of benzene rings is 2. The number of anilines is 1. The van der Waals surface area contributed by atoms with Gasteiger partial charge in [-0.15, -0.1) is 13.2 Å². The number of halogens is 3. The summed E-state index contributed by atoms with van der Waals surface area (Å²) in [6.45, 7) is 7.55. The molecular weight excluding hydrogens is 495 g/mol. The Labute approximate surface area is 212 Å². The first-order chi connectivity index (χ1) is 16.8. The van der Waals surface area contributed by atoms with Gasteiger partial charge in [0, 0.05) is 16.7 Å². The molecule has 0 spiro atoms. The van der Waals surface area contributed by atoms with Gasteiger partial charge in [0.05, 0.1) is 24.6 Å². The summed E-state index contributed by atoms with van der Waals surface area (Å²) in [6.07, 6.45) is -4.26. The number of nitrogens with one attached hydrogen (secondary N) is 1. The van der Waals surface area contributed by atoms with E-state index in [1.807, 2.05) is 27.7 Å². The molecule has 1 aliphatic heterocycles. The van der Waals surface area contributed by atoms with Crippen molar-refractivity contribution < 1.29 is 32.2 Å². The number of ether oxygens (including phenoxy) is 2.